The third kappa shape index (κ3) is 4.46. The minimum absolute atomic E-state index is 0.0339. The zero-order chi connectivity index (χ0) is 20.1. The Bertz CT molecular complexity index is 1150. The molecule has 10 heteroatoms. The van der Waals surface area contributed by atoms with Crippen LogP contribution in [0.25, 0.3) is 21.9 Å². The molecule has 3 rings (SSSR count). The number of ketones is 1. The van der Waals surface area contributed by atoms with Gasteiger partial charge in [0.05, 0.1) is 11.9 Å². The second kappa shape index (κ2) is 8.53. The molecule has 0 saturated heterocycles. The molecule has 0 bridgehead atoms. The SMILES string of the molecule is O=C(O)CCC(=O)CCCNCc1ccc2c(=O)c3[nH]nnc3c(=O)[nH]c2c1. The first-order valence-electron chi connectivity index (χ1n) is 8.80. The van der Waals surface area contributed by atoms with E-state index in [2.05, 4.69) is 25.7 Å². The van der Waals surface area contributed by atoms with Crippen LogP contribution in [0.1, 0.15) is 31.2 Å². The average molecular weight is 385 g/mol. The lowest BCUT2D eigenvalue weighted by Gasteiger charge is -2.05. The van der Waals surface area contributed by atoms with Crippen LogP contribution in [0.15, 0.2) is 27.8 Å². The van der Waals surface area contributed by atoms with Gasteiger partial charge in [-0.25, -0.2) is 0 Å². The summed E-state index contributed by atoms with van der Waals surface area (Å²) in [5, 5.41) is 21.7. The summed E-state index contributed by atoms with van der Waals surface area (Å²) in [6.45, 7) is 1.08. The van der Waals surface area contributed by atoms with E-state index >= 15 is 0 Å². The highest BCUT2D eigenvalue weighted by Gasteiger charge is 2.10. The van der Waals surface area contributed by atoms with Gasteiger partial charge in [0.1, 0.15) is 11.3 Å². The van der Waals surface area contributed by atoms with Crippen LogP contribution in [0.4, 0.5) is 0 Å². The van der Waals surface area contributed by atoms with E-state index in [1.54, 1.807) is 18.2 Å². The lowest BCUT2D eigenvalue weighted by atomic mass is 10.1. The fraction of sp³-hybridized carbons (Fsp3) is 0.333. The largest absolute Gasteiger partial charge is 0.481 e. The fourth-order valence-corrected chi connectivity index (χ4v) is 2.88. The molecule has 0 fully saturated rings. The number of hydrogen-bond acceptors (Lipinski definition) is 7. The standard InChI is InChI=1S/C18H19N5O5/c24-11(4-6-14(25)26)2-1-7-19-9-10-3-5-12-13(8-10)20-18(28)16-15(17(12)27)21-23-22-16/h3,5,8,19H,1-2,4,6-7,9H2,(H,20,28)(H,25,26)(H,21,22,23). The van der Waals surface area contributed by atoms with Crippen molar-refractivity contribution in [3.63, 3.8) is 0 Å². The summed E-state index contributed by atoms with van der Waals surface area (Å²) in [6, 6.07) is 5.14. The molecule has 1 aromatic carbocycles. The molecule has 0 aliphatic heterocycles. The van der Waals surface area contributed by atoms with E-state index in [9.17, 15) is 19.2 Å². The van der Waals surface area contributed by atoms with Crippen LogP contribution in [0.5, 0.6) is 0 Å². The topological polar surface area (TPSA) is 158 Å². The van der Waals surface area contributed by atoms with E-state index in [4.69, 9.17) is 5.11 Å². The minimum atomic E-state index is -0.973. The number of benzene rings is 1. The van der Waals surface area contributed by atoms with Crippen molar-refractivity contribution in [1.29, 1.82) is 0 Å². The number of Topliss-reactive ketones (excluding diaryl/α,β-unsaturated/α-hetero) is 1. The Morgan fingerprint density at radius 1 is 1.14 bits per heavy atom. The summed E-state index contributed by atoms with van der Waals surface area (Å²) in [6.07, 6.45) is 0.848. The van der Waals surface area contributed by atoms with Crippen LogP contribution in [0.2, 0.25) is 0 Å². The molecule has 0 spiro atoms. The molecule has 28 heavy (non-hydrogen) atoms. The Kier molecular flexibility index (Phi) is 5.90. The molecule has 2 heterocycles. The lowest BCUT2D eigenvalue weighted by Crippen LogP contribution is -2.16. The molecule has 0 atom stereocenters. The van der Waals surface area contributed by atoms with Gasteiger partial charge in [0.15, 0.2) is 5.52 Å². The van der Waals surface area contributed by atoms with E-state index in [1.807, 2.05) is 0 Å². The number of aliphatic carboxylic acids is 1. The number of rotatable bonds is 9. The van der Waals surface area contributed by atoms with Gasteiger partial charge in [-0.1, -0.05) is 11.3 Å². The number of hydrogen-bond donors (Lipinski definition) is 4. The number of aromatic nitrogens is 4. The van der Waals surface area contributed by atoms with Crippen LogP contribution in [0.3, 0.4) is 0 Å². The molecule has 2 aromatic heterocycles. The molecule has 0 radical (unpaired) electrons. The Balaban J connectivity index is 1.63. The highest BCUT2D eigenvalue weighted by atomic mass is 16.4. The molecule has 0 unspecified atom stereocenters. The lowest BCUT2D eigenvalue weighted by molar-refractivity contribution is -0.138. The highest BCUT2D eigenvalue weighted by Crippen LogP contribution is 2.11. The molecule has 3 aromatic rings. The predicted octanol–water partition coefficient (Wildman–Crippen LogP) is 0.463. The molecule has 0 aliphatic rings. The number of H-pyrrole nitrogens is 2. The smallest absolute Gasteiger partial charge is 0.303 e. The Hall–Kier alpha value is -3.40. The van der Waals surface area contributed by atoms with Gasteiger partial charge in [0, 0.05) is 24.8 Å². The third-order valence-electron chi connectivity index (χ3n) is 4.32. The zero-order valence-electron chi connectivity index (χ0n) is 14.9. The van der Waals surface area contributed by atoms with Gasteiger partial charge in [-0.3, -0.25) is 24.3 Å². The van der Waals surface area contributed by atoms with Gasteiger partial charge in [-0.05, 0) is 30.7 Å². The van der Waals surface area contributed by atoms with E-state index in [-0.39, 0.29) is 35.1 Å². The number of carbonyl (C=O) groups is 2. The number of nitrogens with one attached hydrogen (secondary N) is 3. The van der Waals surface area contributed by atoms with Crippen LogP contribution >= 0.6 is 0 Å². The van der Waals surface area contributed by atoms with E-state index in [0.717, 1.165) is 5.56 Å². The average Bonchev–Trinajstić information content (AvgIpc) is 3.12. The van der Waals surface area contributed by atoms with Crippen LogP contribution in [-0.2, 0) is 16.1 Å². The molecule has 0 saturated carbocycles. The highest BCUT2D eigenvalue weighted by molar-refractivity contribution is 5.86. The Morgan fingerprint density at radius 3 is 2.75 bits per heavy atom. The minimum Gasteiger partial charge on any atom is -0.481 e. The number of nitrogens with zero attached hydrogens (tertiary/aromatic N) is 2. The van der Waals surface area contributed by atoms with Gasteiger partial charge < -0.3 is 15.4 Å². The first kappa shape index (κ1) is 19.4. The summed E-state index contributed by atoms with van der Waals surface area (Å²) >= 11 is 0. The van der Waals surface area contributed by atoms with Crippen LogP contribution < -0.4 is 16.3 Å². The van der Waals surface area contributed by atoms with Gasteiger partial charge in [0.25, 0.3) is 5.56 Å². The van der Waals surface area contributed by atoms with Gasteiger partial charge in [-0.15, -0.1) is 5.10 Å². The van der Waals surface area contributed by atoms with Gasteiger partial charge in [0.2, 0.25) is 5.43 Å². The number of carboxylic acids is 1. The number of carboxylic acid groups (broad SMARTS) is 1. The normalized spacial score (nSPS) is 11.1. The van der Waals surface area contributed by atoms with Crippen molar-refractivity contribution in [3.8, 4) is 0 Å². The maximum Gasteiger partial charge on any atom is 0.303 e. The number of aromatic amines is 2. The molecule has 146 valence electrons. The summed E-state index contributed by atoms with van der Waals surface area (Å²) in [7, 11) is 0. The molecule has 4 N–H and O–H groups in total. The first-order valence-corrected chi connectivity index (χ1v) is 8.80. The summed E-state index contributed by atoms with van der Waals surface area (Å²) in [5.74, 6) is -1.04. The van der Waals surface area contributed by atoms with Crippen LogP contribution in [0, 0.1) is 0 Å². The van der Waals surface area contributed by atoms with Gasteiger partial charge >= 0.3 is 5.97 Å². The first-order chi connectivity index (χ1) is 13.5. The molecular formula is C18H19N5O5. The summed E-state index contributed by atoms with van der Waals surface area (Å²) < 4.78 is 0. The van der Waals surface area contributed by atoms with Crippen molar-refractivity contribution in [2.75, 3.05) is 6.54 Å². The third-order valence-corrected chi connectivity index (χ3v) is 4.32. The Morgan fingerprint density at radius 2 is 1.96 bits per heavy atom. The molecular weight excluding hydrogens is 366 g/mol. The van der Waals surface area contributed by atoms with Crippen molar-refractivity contribution in [3.05, 3.63) is 44.3 Å². The van der Waals surface area contributed by atoms with E-state index in [1.165, 1.54) is 0 Å². The molecule has 0 amide bonds. The number of carbonyl (C=O) groups excluding carboxylic acids is 1. The summed E-state index contributed by atoms with van der Waals surface area (Å²) in [4.78, 5) is 49.3. The van der Waals surface area contributed by atoms with Gasteiger partial charge in [-0.2, -0.15) is 0 Å². The van der Waals surface area contributed by atoms with Crippen molar-refractivity contribution in [2.45, 2.75) is 32.2 Å². The van der Waals surface area contributed by atoms with E-state index in [0.29, 0.717) is 36.8 Å². The van der Waals surface area contributed by atoms with Crippen molar-refractivity contribution in [1.82, 2.24) is 25.7 Å². The quantitative estimate of drug-likeness (QED) is 0.387. The van der Waals surface area contributed by atoms with Crippen molar-refractivity contribution >= 4 is 33.7 Å². The molecule has 10 nitrogen and oxygen atoms in total. The van der Waals surface area contributed by atoms with Crippen molar-refractivity contribution in [2.24, 2.45) is 0 Å². The second-order valence-corrected chi connectivity index (χ2v) is 6.41. The van der Waals surface area contributed by atoms with Crippen molar-refractivity contribution < 1.29 is 14.7 Å². The summed E-state index contributed by atoms with van der Waals surface area (Å²) in [5.41, 5.74) is 0.446. The van der Waals surface area contributed by atoms with Crippen LogP contribution in [-0.4, -0.2) is 43.8 Å². The number of fused-ring (bicyclic) bond motifs is 2. The maximum absolute atomic E-state index is 12.5. The Labute approximate surface area is 158 Å². The molecule has 0 aliphatic carbocycles. The maximum atomic E-state index is 12.5. The zero-order valence-corrected chi connectivity index (χ0v) is 14.9. The van der Waals surface area contributed by atoms with E-state index < -0.39 is 11.5 Å². The fourth-order valence-electron chi connectivity index (χ4n) is 2.88. The predicted molar refractivity (Wildman–Crippen MR) is 101 cm³/mol. The second-order valence-electron chi connectivity index (χ2n) is 6.41. The monoisotopic (exact) mass is 385 g/mol.